The Morgan fingerprint density at radius 2 is 1.81 bits per heavy atom. The van der Waals surface area contributed by atoms with Gasteiger partial charge in [0.05, 0.1) is 5.25 Å². The van der Waals surface area contributed by atoms with Crippen molar-refractivity contribution in [2.24, 2.45) is 5.73 Å². The van der Waals surface area contributed by atoms with Crippen LogP contribution in [-0.4, -0.2) is 19.4 Å². The van der Waals surface area contributed by atoms with Crippen LogP contribution >= 0.6 is 0 Å². The molecule has 0 aliphatic carbocycles. The lowest BCUT2D eigenvalue weighted by Gasteiger charge is -2.19. The van der Waals surface area contributed by atoms with E-state index in [1.165, 1.54) is 24.3 Å². The Morgan fingerprint density at radius 1 is 1.31 bits per heavy atom. The molecule has 90 valence electrons. The molecule has 0 unspecified atom stereocenters. The number of rotatable bonds is 4. The Kier molecular flexibility index (Phi) is 4.04. The lowest BCUT2D eigenvalue weighted by Crippen LogP contribution is -2.32. The fourth-order valence-corrected chi connectivity index (χ4v) is 2.57. The van der Waals surface area contributed by atoms with E-state index in [0.717, 1.165) is 0 Å². The zero-order chi connectivity index (χ0) is 12.3. The maximum absolute atomic E-state index is 12.7. The summed E-state index contributed by atoms with van der Waals surface area (Å²) in [7, 11) is -3.17. The van der Waals surface area contributed by atoms with E-state index in [2.05, 4.69) is 0 Å². The summed E-state index contributed by atoms with van der Waals surface area (Å²) in [6.07, 6.45) is 0. The van der Waals surface area contributed by atoms with E-state index in [0.29, 0.717) is 5.56 Å². The molecule has 2 N–H and O–H groups in total. The van der Waals surface area contributed by atoms with Crippen LogP contribution in [0.3, 0.4) is 0 Å². The van der Waals surface area contributed by atoms with Gasteiger partial charge < -0.3 is 5.73 Å². The van der Waals surface area contributed by atoms with Gasteiger partial charge in [-0.1, -0.05) is 19.1 Å². The Bertz CT molecular complexity index is 442. The van der Waals surface area contributed by atoms with Crippen molar-refractivity contribution in [3.05, 3.63) is 35.6 Å². The second-order valence-electron chi connectivity index (χ2n) is 3.73. The van der Waals surface area contributed by atoms with Crippen LogP contribution in [0.5, 0.6) is 0 Å². The monoisotopic (exact) mass is 245 g/mol. The van der Waals surface area contributed by atoms with Crippen LogP contribution < -0.4 is 5.73 Å². The summed E-state index contributed by atoms with van der Waals surface area (Å²) < 4.78 is 35.9. The molecular weight excluding hydrogens is 229 g/mol. The summed E-state index contributed by atoms with van der Waals surface area (Å²) >= 11 is 0. The normalized spacial score (nSPS) is 15.8. The second kappa shape index (κ2) is 4.93. The van der Waals surface area contributed by atoms with Crippen molar-refractivity contribution >= 4 is 9.84 Å². The summed E-state index contributed by atoms with van der Waals surface area (Å²) in [6, 6.07) is 4.97. The van der Waals surface area contributed by atoms with Crippen LogP contribution in [0.4, 0.5) is 4.39 Å². The predicted octanol–water partition coefficient (Wildman–Crippen LogP) is 1.65. The van der Waals surface area contributed by atoms with Crippen molar-refractivity contribution in [3.63, 3.8) is 0 Å². The van der Waals surface area contributed by atoms with E-state index in [9.17, 15) is 12.8 Å². The Labute approximate surface area is 95.4 Å². The highest BCUT2D eigenvalue weighted by Crippen LogP contribution is 2.20. The van der Waals surface area contributed by atoms with Crippen molar-refractivity contribution in [2.45, 2.75) is 25.1 Å². The summed E-state index contributed by atoms with van der Waals surface area (Å²) in [5.74, 6) is -0.301. The molecule has 0 bridgehead atoms. The van der Waals surface area contributed by atoms with Gasteiger partial charge in [-0.15, -0.1) is 0 Å². The summed E-state index contributed by atoms with van der Waals surface area (Å²) in [5, 5.41) is -0.664. The molecular formula is C11H16FNO2S. The van der Waals surface area contributed by atoms with Gasteiger partial charge in [0.25, 0.3) is 0 Å². The zero-order valence-corrected chi connectivity index (χ0v) is 10.2. The fourth-order valence-electron chi connectivity index (χ4n) is 1.44. The SMILES string of the molecule is CCS(=O)(=O)[C@@H](C)[C@@H](N)c1ccc(F)cc1. The average Bonchev–Trinajstić information content (AvgIpc) is 2.28. The molecule has 5 heteroatoms. The van der Waals surface area contributed by atoms with Crippen LogP contribution in [0.2, 0.25) is 0 Å². The lowest BCUT2D eigenvalue weighted by atomic mass is 10.1. The van der Waals surface area contributed by atoms with Gasteiger partial charge in [0.2, 0.25) is 0 Å². The van der Waals surface area contributed by atoms with E-state index in [-0.39, 0.29) is 11.6 Å². The van der Waals surface area contributed by atoms with Crippen molar-refractivity contribution in [1.29, 1.82) is 0 Å². The largest absolute Gasteiger partial charge is 0.323 e. The minimum Gasteiger partial charge on any atom is -0.323 e. The van der Waals surface area contributed by atoms with Gasteiger partial charge in [0.15, 0.2) is 9.84 Å². The smallest absolute Gasteiger partial charge is 0.154 e. The third-order valence-corrected chi connectivity index (χ3v) is 4.96. The van der Waals surface area contributed by atoms with Crippen molar-refractivity contribution in [2.75, 3.05) is 5.75 Å². The van der Waals surface area contributed by atoms with Gasteiger partial charge in [-0.25, -0.2) is 12.8 Å². The molecule has 0 spiro atoms. The first kappa shape index (κ1) is 13.1. The van der Waals surface area contributed by atoms with Crippen LogP contribution in [0.15, 0.2) is 24.3 Å². The maximum Gasteiger partial charge on any atom is 0.154 e. The van der Waals surface area contributed by atoms with Crippen LogP contribution in [0.25, 0.3) is 0 Å². The number of sulfone groups is 1. The topological polar surface area (TPSA) is 60.2 Å². The molecule has 2 atom stereocenters. The Balaban J connectivity index is 2.94. The van der Waals surface area contributed by atoms with Crippen LogP contribution in [0, 0.1) is 5.82 Å². The van der Waals surface area contributed by atoms with E-state index in [4.69, 9.17) is 5.73 Å². The molecule has 0 heterocycles. The first-order chi connectivity index (χ1) is 7.38. The molecule has 1 aromatic carbocycles. The van der Waals surface area contributed by atoms with Gasteiger partial charge in [0.1, 0.15) is 5.82 Å². The molecule has 0 radical (unpaired) electrons. The number of hydrogen-bond donors (Lipinski definition) is 1. The predicted molar refractivity (Wildman–Crippen MR) is 62.3 cm³/mol. The molecule has 1 aromatic rings. The maximum atomic E-state index is 12.7. The molecule has 3 nitrogen and oxygen atoms in total. The zero-order valence-electron chi connectivity index (χ0n) is 9.35. The highest BCUT2D eigenvalue weighted by molar-refractivity contribution is 7.92. The Morgan fingerprint density at radius 3 is 2.25 bits per heavy atom. The van der Waals surface area contributed by atoms with Gasteiger partial charge in [-0.2, -0.15) is 0 Å². The van der Waals surface area contributed by atoms with Crippen molar-refractivity contribution in [1.82, 2.24) is 0 Å². The fraction of sp³-hybridized carbons (Fsp3) is 0.455. The summed E-state index contributed by atoms with van der Waals surface area (Å²) in [6.45, 7) is 3.16. The van der Waals surface area contributed by atoms with Gasteiger partial charge >= 0.3 is 0 Å². The molecule has 0 aliphatic rings. The first-order valence-electron chi connectivity index (χ1n) is 5.11. The van der Waals surface area contributed by atoms with Gasteiger partial charge in [-0.05, 0) is 24.6 Å². The van der Waals surface area contributed by atoms with Crippen LogP contribution in [-0.2, 0) is 9.84 Å². The van der Waals surface area contributed by atoms with E-state index >= 15 is 0 Å². The van der Waals surface area contributed by atoms with Crippen LogP contribution in [0.1, 0.15) is 25.5 Å². The molecule has 1 rings (SSSR count). The third kappa shape index (κ3) is 2.80. The van der Waals surface area contributed by atoms with E-state index < -0.39 is 21.1 Å². The summed E-state index contributed by atoms with van der Waals surface area (Å²) in [4.78, 5) is 0. The Hall–Kier alpha value is -0.940. The number of nitrogens with two attached hydrogens (primary N) is 1. The number of benzene rings is 1. The molecule has 0 fully saturated rings. The number of halogens is 1. The minimum atomic E-state index is -3.17. The third-order valence-electron chi connectivity index (χ3n) is 2.73. The first-order valence-corrected chi connectivity index (χ1v) is 6.82. The van der Waals surface area contributed by atoms with Gasteiger partial charge in [0, 0.05) is 11.8 Å². The quantitative estimate of drug-likeness (QED) is 0.877. The number of hydrogen-bond acceptors (Lipinski definition) is 3. The van der Waals surface area contributed by atoms with E-state index in [1.807, 2.05) is 0 Å². The lowest BCUT2D eigenvalue weighted by molar-refractivity contribution is 0.565. The highest BCUT2D eigenvalue weighted by atomic mass is 32.2. The van der Waals surface area contributed by atoms with Crippen molar-refractivity contribution < 1.29 is 12.8 Å². The molecule has 0 aliphatic heterocycles. The standard InChI is InChI=1S/C11H16FNO2S/c1-3-16(14,15)8(2)11(13)9-4-6-10(12)7-5-9/h4-8,11H,3,13H2,1-2H3/t8-,11+/m0/s1. The molecule has 0 amide bonds. The molecule has 0 saturated heterocycles. The molecule has 0 aromatic heterocycles. The minimum absolute atomic E-state index is 0.0586. The summed E-state index contributed by atoms with van der Waals surface area (Å²) in [5.41, 5.74) is 6.48. The highest BCUT2D eigenvalue weighted by Gasteiger charge is 2.26. The molecule has 16 heavy (non-hydrogen) atoms. The molecule has 0 saturated carbocycles. The van der Waals surface area contributed by atoms with E-state index in [1.54, 1.807) is 13.8 Å². The van der Waals surface area contributed by atoms with Gasteiger partial charge in [-0.3, -0.25) is 0 Å². The van der Waals surface area contributed by atoms with Crippen molar-refractivity contribution in [3.8, 4) is 0 Å². The second-order valence-corrected chi connectivity index (χ2v) is 6.38. The average molecular weight is 245 g/mol.